The molecule has 1 aromatic heterocycles. The molecule has 0 unspecified atom stereocenters. The van der Waals surface area contributed by atoms with Crippen LogP contribution in [-0.2, 0) is 17.0 Å². The molecule has 0 aliphatic carbocycles. The third kappa shape index (κ3) is 4.55. The number of rotatable bonds is 7. The number of hydrogen-bond donors (Lipinski definition) is 1. The molecule has 0 saturated heterocycles. The van der Waals surface area contributed by atoms with Crippen LogP contribution in [0.2, 0.25) is 0 Å². The summed E-state index contributed by atoms with van der Waals surface area (Å²) < 4.78 is 14.6. The average Bonchev–Trinajstić information content (AvgIpc) is 2.99. The monoisotopic (exact) mass is 360 g/mol. The highest BCUT2D eigenvalue weighted by molar-refractivity contribution is 7.99. The first kappa shape index (κ1) is 16.9. The summed E-state index contributed by atoms with van der Waals surface area (Å²) in [6.45, 7) is 0.446. The van der Waals surface area contributed by atoms with Gasteiger partial charge in [-0.05, 0) is 30.2 Å². The van der Waals surface area contributed by atoms with E-state index in [1.165, 1.54) is 10.8 Å². The van der Waals surface area contributed by atoms with Gasteiger partial charge in [0.05, 0.1) is 16.0 Å². The number of fused-ring (bicyclic) bond motifs is 1. The number of aromatic nitrogens is 1. The summed E-state index contributed by atoms with van der Waals surface area (Å²) in [6.07, 6.45) is 0.501. The zero-order valence-electron chi connectivity index (χ0n) is 13.0. The molecular formula is C18H17FN2OS2. The molecule has 0 aliphatic heterocycles. The van der Waals surface area contributed by atoms with Crippen LogP contribution in [0.15, 0.2) is 48.5 Å². The van der Waals surface area contributed by atoms with Gasteiger partial charge in [0.1, 0.15) is 10.8 Å². The van der Waals surface area contributed by atoms with Crippen LogP contribution in [0.25, 0.3) is 10.2 Å². The van der Waals surface area contributed by atoms with Gasteiger partial charge >= 0.3 is 0 Å². The lowest BCUT2D eigenvalue weighted by Gasteiger charge is -2.05. The minimum atomic E-state index is -0.225. The van der Waals surface area contributed by atoms with Gasteiger partial charge in [-0.15, -0.1) is 23.1 Å². The summed E-state index contributed by atoms with van der Waals surface area (Å²) in [4.78, 5) is 16.4. The number of hydrogen-bond acceptors (Lipinski definition) is 4. The second-order valence-electron chi connectivity index (χ2n) is 5.26. The fourth-order valence-electron chi connectivity index (χ4n) is 2.30. The van der Waals surface area contributed by atoms with Gasteiger partial charge in [0.25, 0.3) is 0 Å². The Morgan fingerprint density at radius 2 is 1.96 bits per heavy atom. The van der Waals surface area contributed by atoms with E-state index in [4.69, 9.17) is 0 Å². The summed E-state index contributed by atoms with van der Waals surface area (Å²) >= 11 is 3.20. The van der Waals surface area contributed by atoms with E-state index in [1.54, 1.807) is 41.3 Å². The van der Waals surface area contributed by atoms with Crippen molar-refractivity contribution in [1.29, 1.82) is 0 Å². The summed E-state index contributed by atoms with van der Waals surface area (Å²) in [6, 6.07) is 14.7. The molecule has 2 aromatic carbocycles. The maximum atomic E-state index is 13.5. The van der Waals surface area contributed by atoms with Gasteiger partial charge < -0.3 is 5.32 Å². The maximum absolute atomic E-state index is 13.5. The zero-order valence-corrected chi connectivity index (χ0v) is 14.6. The largest absolute Gasteiger partial charge is 0.355 e. The molecule has 3 nitrogen and oxygen atoms in total. The summed E-state index contributed by atoms with van der Waals surface area (Å²) in [5.74, 6) is 0.849. The molecule has 3 rings (SSSR count). The van der Waals surface area contributed by atoms with Gasteiger partial charge in [0.15, 0.2) is 0 Å². The molecule has 0 radical (unpaired) electrons. The van der Waals surface area contributed by atoms with Crippen molar-refractivity contribution >= 4 is 39.2 Å². The van der Waals surface area contributed by atoms with E-state index in [9.17, 15) is 9.18 Å². The zero-order chi connectivity index (χ0) is 16.8. The molecular weight excluding hydrogens is 343 g/mol. The first-order valence-corrected chi connectivity index (χ1v) is 9.62. The number of carbonyl (C=O) groups is 1. The molecule has 24 heavy (non-hydrogen) atoms. The van der Waals surface area contributed by atoms with E-state index in [2.05, 4.69) is 16.4 Å². The predicted molar refractivity (Wildman–Crippen MR) is 98.9 cm³/mol. The fourth-order valence-corrected chi connectivity index (χ4v) is 4.18. The molecule has 3 aromatic rings. The molecule has 0 fully saturated rings. The lowest BCUT2D eigenvalue weighted by molar-refractivity contribution is -0.118. The molecule has 6 heteroatoms. The minimum Gasteiger partial charge on any atom is -0.355 e. The normalized spacial score (nSPS) is 10.9. The number of nitrogens with zero attached hydrogens (tertiary/aromatic N) is 1. The van der Waals surface area contributed by atoms with Crippen molar-refractivity contribution in [3.05, 3.63) is 64.9 Å². The van der Waals surface area contributed by atoms with Crippen molar-refractivity contribution in [2.75, 3.05) is 12.3 Å². The quantitative estimate of drug-likeness (QED) is 0.692. The molecule has 1 amide bonds. The Bertz CT molecular complexity index is 802. The lowest BCUT2D eigenvalue weighted by atomic mass is 10.1. The Labute approximate surface area is 148 Å². The Balaban J connectivity index is 1.39. The molecule has 0 bridgehead atoms. The minimum absolute atomic E-state index is 0.0301. The van der Waals surface area contributed by atoms with Crippen LogP contribution in [0.3, 0.4) is 0 Å². The van der Waals surface area contributed by atoms with Gasteiger partial charge in [-0.2, -0.15) is 0 Å². The highest BCUT2D eigenvalue weighted by Gasteiger charge is 2.06. The second kappa shape index (κ2) is 8.26. The van der Waals surface area contributed by atoms with E-state index in [0.717, 1.165) is 16.3 Å². The lowest BCUT2D eigenvalue weighted by Crippen LogP contribution is -2.27. The van der Waals surface area contributed by atoms with Crippen molar-refractivity contribution in [3.63, 3.8) is 0 Å². The van der Waals surface area contributed by atoms with Crippen LogP contribution in [0.5, 0.6) is 0 Å². The van der Waals surface area contributed by atoms with Crippen LogP contribution in [0.1, 0.15) is 10.6 Å². The van der Waals surface area contributed by atoms with E-state index >= 15 is 0 Å². The maximum Gasteiger partial charge on any atom is 0.230 e. The van der Waals surface area contributed by atoms with E-state index in [1.807, 2.05) is 18.2 Å². The highest BCUT2D eigenvalue weighted by atomic mass is 32.2. The number of thioether (sulfide) groups is 1. The summed E-state index contributed by atoms with van der Waals surface area (Å²) in [5.41, 5.74) is 1.63. The van der Waals surface area contributed by atoms with Crippen molar-refractivity contribution in [1.82, 2.24) is 10.3 Å². The molecule has 1 N–H and O–H groups in total. The Hall–Kier alpha value is -1.92. The van der Waals surface area contributed by atoms with Gasteiger partial charge in [-0.1, -0.05) is 30.3 Å². The smallest absolute Gasteiger partial charge is 0.230 e. The SMILES string of the molecule is O=C(CSCc1nc2ccccc2s1)NCCc1ccccc1F. The number of nitrogens with one attached hydrogen (secondary N) is 1. The van der Waals surface area contributed by atoms with Gasteiger partial charge in [0.2, 0.25) is 5.91 Å². The van der Waals surface area contributed by atoms with Gasteiger partial charge in [-0.3, -0.25) is 4.79 Å². The number of benzene rings is 2. The Morgan fingerprint density at radius 1 is 1.17 bits per heavy atom. The predicted octanol–water partition coefficient (Wildman–Crippen LogP) is 4.03. The first-order chi connectivity index (χ1) is 11.7. The van der Waals surface area contributed by atoms with E-state index in [0.29, 0.717) is 24.3 Å². The number of thiazole rings is 1. The summed E-state index contributed by atoms with van der Waals surface area (Å²) in [5, 5.41) is 3.86. The van der Waals surface area contributed by atoms with E-state index in [-0.39, 0.29) is 11.7 Å². The van der Waals surface area contributed by atoms with Crippen molar-refractivity contribution in [3.8, 4) is 0 Å². The topological polar surface area (TPSA) is 42.0 Å². The second-order valence-corrected chi connectivity index (χ2v) is 7.36. The van der Waals surface area contributed by atoms with Crippen LogP contribution < -0.4 is 5.32 Å². The fraction of sp³-hybridized carbons (Fsp3) is 0.222. The molecule has 124 valence electrons. The number of carbonyl (C=O) groups excluding carboxylic acids is 1. The van der Waals surface area contributed by atoms with Crippen LogP contribution in [0, 0.1) is 5.82 Å². The van der Waals surface area contributed by atoms with Crippen LogP contribution in [-0.4, -0.2) is 23.2 Å². The number of amides is 1. The molecule has 0 saturated carbocycles. The van der Waals surface area contributed by atoms with Gasteiger partial charge in [0, 0.05) is 12.3 Å². The third-order valence-corrected chi connectivity index (χ3v) is 5.63. The Morgan fingerprint density at radius 3 is 2.79 bits per heavy atom. The van der Waals surface area contributed by atoms with E-state index < -0.39 is 0 Å². The summed E-state index contributed by atoms with van der Waals surface area (Å²) in [7, 11) is 0. The number of halogens is 1. The molecule has 0 spiro atoms. The van der Waals surface area contributed by atoms with Crippen LogP contribution >= 0.6 is 23.1 Å². The van der Waals surface area contributed by atoms with Crippen molar-refractivity contribution < 1.29 is 9.18 Å². The Kier molecular flexibility index (Phi) is 5.82. The van der Waals surface area contributed by atoms with Crippen molar-refractivity contribution in [2.45, 2.75) is 12.2 Å². The standard InChI is InChI=1S/C18H17FN2OS2/c19-14-6-2-1-5-13(14)9-10-20-17(22)11-23-12-18-21-15-7-3-4-8-16(15)24-18/h1-8H,9-12H2,(H,20,22). The van der Waals surface area contributed by atoms with Crippen molar-refractivity contribution in [2.24, 2.45) is 0 Å². The molecule has 1 heterocycles. The van der Waals surface area contributed by atoms with Gasteiger partial charge in [-0.25, -0.2) is 9.37 Å². The average molecular weight is 360 g/mol. The first-order valence-electron chi connectivity index (χ1n) is 7.64. The third-order valence-electron chi connectivity index (χ3n) is 3.47. The molecule has 0 aliphatic rings. The molecule has 0 atom stereocenters. The van der Waals surface area contributed by atoms with Crippen LogP contribution in [0.4, 0.5) is 4.39 Å². The number of para-hydroxylation sites is 1. The highest BCUT2D eigenvalue weighted by Crippen LogP contribution is 2.24.